The normalized spacial score (nSPS) is 13.2. The molecule has 0 amide bonds. The van der Waals surface area contributed by atoms with Crippen LogP contribution in [-0.4, -0.2) is 14.4 Å². The maximum Gasteiger partial charge on any atom is 0.194 e. The minimum absolute atomic E-state index is 0.318. The molecule has 106 valence electrons. The van der Waals surface area contributed by atoms with Crippen molar-refractivity contribution in [1.82, 2.24) is 19.7 Å². The molecule has 0 spiro atoms. The molecule has 0 aliphatic heterocycles. The van der Waals surface area contributed by atoms with Gasteiger partial charge in [-0.05, 0) is 20.3 Å². The van der Waals surface area contributed by atoms with E-state index in [1.807, 2.05) is 11.6 Å². The third-order valence-electron chi connectivity index (χ3n) is 3.50. The fourth-order valence-corrected chi connectivity index (χ4v) is 4.14. The summed E-state index contributed by atoms with van der Waals surface area (Å²) in [6.07, 6.45) is 2.91. The van der Waals surface area contributed by atoms with Crippen LogP contribution in [0.3, 0.4) is 0 Å². The Morgan fingerprint density at radius 3 is 2.90 bits per heavy atom. The van der Waals surface area contributed by atoms with Gasteiger partial charge in [-0.3, -0.25) is 4.40 Å². The van der Waals surface area contributed by atoms with Crippen molar-refractivity contribution in [2.75, 3.05) is 0 Å². The summed E-state index contributed by atoms with van der Waals surface area (Å²) in [6.45, 7) is 7.23. The van der Waals surface area contributed by atoms with Crippen LogP contribution in [-0.2, 0) is 6.54 Å². The molecule has 3 aromatic heterocycles. The smallest absolute Gasteiger partial charge is 0.194 e. The van der Waals surface area contributed by atoms with Gasteiger partial charge in [-0.1, -0.05) is 6.92 Å². The highest BCUT2D eigenvalue weighted by atomic mass is 32.1. The molecule has 0 saturated heterocycles. The van der Waals surface area contributed by atoms with Crippen molar-refractivity contribution in [2.24, 2.45) is 0 Å². The van der Waals surface area contributed by atoms with Crippen molar-refractivity contribution in [1.29, 1.82) is 0 Å². The number of hydrogen-bond donors (Lipinski definition) is 1. The molecule has 20 heavy (non-hydrogen) atoms. The molecule has 0 aromatic carbocycles. The number of imidazole rings is 1. The fraction of sp³-hybridized carbons (Fsp3) is 0.429. The molecule has 6 heteroatoms. The highest BCUT2D eigenvalue weighted by Gasteiger charge is 2.15. The predicted octanol–water partition coefficient (Wildman–Crippen LogP) is 3.71. The van der Waals surface area contributed by atoms with E-state index < -0.39 is 0 Å². The first-order chi connectivity index (χ1) is 9.70. The molecule has 0 aliphatic rings. The second-order valence-corrected chi connectivity index (χ2v) is 6.61. The van der Waals surface area contributed by atoms with Gasteiger partial charge in [0.1, 0.15) is 5.01 Å². The number of nitrogens with zero attached hydrogens (tertiary/aromatic N) is 3. The van der Waals surface area contributed by atoms with E-state index in [4.69, 9.17) is 0 Å². The zero-order valence-corrected chi connectivity index (χ0v) is 13.5. The zero-order valence-electron chi connectivity index (χ0n) is 11.9. The Kier molecular flexibility index (Phi) is 3.87. The Bertz CT molecular complexity index is 696. The lowest BCUT2D eigenvalue weighted by Gasteiger charge is -2.14. The van der Waals surface area contributed by atoms with Crippen LogP contribution < -0.4 is 5.32 Å². The minimum Gasteiger partial charge on any atom is -0.302 e. The summed E-state index contributed by atoms with van der Waals surface area (Å²) in [5.41, 5.74) is 3.62. The molecule has 0 aliphatic carbocycles. The summed E-state index contributed by atoms with van der Waals surface area (Å²) in [5.74, 6) is 0. The molecule has 3 heterocycles. The van der Waals surface area contributed by atoms with Crippen LogP contribution in [0.1, 0.15) is 41.5 Å². The SMILES string of the molecule is CCC(NCc1c(C)nc2scc(C)n12)c1nccs1. The quantitative estimate of drug-likeness (QED) is 0.781. The maximum atomic E-state index is 4.63. The van der Waals surface area contributed by atoms with Crippen molar-refractivity contribution in [3.63, 3.8) is 0 Å². The van der Waals surface area contributed by atoms with Gasteiger partial charge in [0.25, 0.3) is 0 Å². The van der Waals surface area contributed by atoms with Crippen molar-refractivity contribution in [3.05, 3.63) is 39.0 Å². The molecular weight excluding hydrogens is 288 g/mol. The minimum atomic E-state index is 0.318. The van der Waals surface area contributed by atoms with Gasteiger partial charge in [-0.2, -0.15) is 0 Å². The van der Waals surface area contributed by atoms with E-state index in [1.165, 1.54) is 11.4 Å². The van der Waals surface area contributed by atoms with Crippen LogP contribution in [0.4, 0.5) is 0 Å². The third kappa shape index (κ3) is 2.39. The van der Waals surface area contributed by atoms with Crippen molar-refractivity contribution in [3.8, 4) is 0 Å². The predicted molar refractivity (Wildman–Crippen MR) is 84.5 cm³/mol. The number of nitrogens with one attached hydrogen (secondary N) is 1. The van der Waals surface area contributed by atoms with E-state index in [1.54, 1.807) is 22.7 Å². The van der Waals surface area contributed by atoms with Crippen LogP contribution in [0.15, 0.2) is 17.0 Å². The standard InChI is InChI=1S/C14H18N4S2/c1-4-11(13-15-5-6-19-13)16-7-12-10(3)17-14-18(12)9(2)8-20-14/h5-6,8,11,16H,4,7H2,1-3H3. The molecule has 1 atom stereocenters. The van der Waals surface area contributed by atoms with E-state index in [-0.39, 0.29) is 0 Å². The zero-order chi connectivity index (χ0) is 14.1. The lowest BCUT2D eigenvalue weighted by atomic mass is 10.2. The lowest BCUT2D eigenvalue weighted by molar-refractivity contribution is 0.509. The summed E-state index contributed by atoms with van der Waals surface area (Å²) in [5, 5.41) is 8.96. The van der Waals surface area contributed by atoms with E-state index >= 15 is 0 Å². The van der Waals surface area contributed by atoms with Gasteiger partial charge in [0.05, 0.1) is 17.4 Å². The van der Waals surface area contributed by atoms with E-state index in [0.717, 1.165) is 28.6 Å². The highest BCUT2D eigenvalue weighted by molar-refractivity contribution is 7.15. The summed E-state index contributed by atoms with van der Waals surface area (Å²) >= 11 is 3.41. The molecule has 1 N–H and O–H groups in total. The summed E-state index contributed by atoms with van der Waals surface area (Å²) in [4.78, 5) is 10.1. The van der Waals surface area contributed by atoms with E-state index in [9.17, 15) is 0 Å². The molecule has 0 radical (unpaired) electrons. The van der Waals surface area contributed by atoms with Crippen LogP contribution in [0.2, 0.25) is 0 Å². The number of fused-ring (bicyclic) bond motifs is 1. The Balaban J connectivity index is 1.82. The van der Waals surface area contributed by atoms with Gasteiger partial charge in [0.15, 0.2) is 4.96 Å². The van der Waals surface area contributed by atoms with E-state index in [0.29, 0.717) is 6.04 Å². The van der Waals surface area contributed by atoms with Crippen molar-refractivity contribution >= 4 is 27.6 Å². The topological polar surface area (TPSA) is 42.2 Å². The summed E-state index contributed by atoms with van der Waals surface area (Å²) < 4.78 is 2.25. The number of hydrogen-bond acceptors (Lipinski definition) is 5. The second kappa shape index (κ2) is 5.63. The molecule has 3 aromatic rings. The monoisotopic (exact) mass is 306 g/mol. The van der Waals surface area contributed by atoms with Crippen molar-refractivity contribution < 1.29 is 0 Å². The van der Waals surface area contributed by atoms with Crippen LogP contribution in [0, 0.1) is 13.8 Å². The molecule has 0 bridgehead atoms. The first-order valence-electron chi connectivity index (χ1n) is 6.75. The molecule has 3 rings (SSSR count). The summed E-state index contributed by atoms with van der Waals surface area (Å²) in [6, 6.07) is 0.318. The fourth-order valence-electron chi connectivity index (χ4n) is 2.41. The van der Waals surface area contributed by atoms with Crippen molar-refractivity contribution in [2.45, 2.75) is 39.8 Å². The van der Waals surface area contributed by atoms with Gasteiger partial charge in [-0.25, -0.2) is 9.97 Å². The number of thiazole rings is 2. The van der Waals surface area contributed by atoms with Crippen LogP contribution in [0.25, 0.3) is 4.96 Å². The van der Waals surface area contributed by atoms with Gasteiger partial charge in [0.2, 0.25) is 0 Å². The molecular formula is C14H18N4S2. The average molecular weight is 306 g/mol. The Morgan fingerprint density at radius 1 is 1.35 bits per heavy atom. The van der Waals surface area contributed by atoms with Gasteiger partial charge >= 0.3 is 0 Å². The first-order valence-corrected chi connectivity index (χ1v) is 8.51. The maximum absolute atomic E-state index is 4.63. The average Bonchev–Trinajstić information content (AvgIpc) is 3.12. The molecule has 0 fully saturated rings. The Labute approximate surface area is 126 Å². The Hall–Kier alpha value is -1.24. The largest absolute Gasteiger partial charge is 0.302 e. The second-order valence-electron chi connectivity index (χ2n) is 4.85. The highest BCUT2D eigenvalue weighted by Crippen LogP contribution is 2.23. The number of aryl methyl sites for hydroxylation is 2. The van der Waals surface area contributed by atoms with E-state index in [2.05, 4.69) is 45.8 Å². The number of rotatable bonds is 5. The van der Waals surface area contributed by atoms with Crippen LogP contribution >= 0.6 is 22.7 Å². The third-order valence-corrected chi connectivity index (χ3v) is 5.34. The lowest BCUT2D eigenvalue weighted by Crippen LogP contribution is -2.21. The first kappa shape index (κ1) is 13.7. The van der Waals surface area contributed by atoms with Gasteiger partial charge in [-0.15, -0.1) is 22.7 Å². The van der Waals surface area contributed by atoms with Gasteiger partial charge in [0, 0.05) is 29.2 Å². The van der Waals surface area contributed by atoms with Gasteiger partial charge < -0.3 is 5.32 Å². The summed E-state index contributed by atoms with van der Waals surface area (Å²) in [7, 11) is 0. The Morgan fingerprint density at radius 2 is 2.20 bits per heavy atom. The molecule has 4 nitrogen and oxygen atoms in total. The van der Waals surface area contributed by atoms with Crippen LogP contribution in [0.5, 0.6) is 0 Å². The number of aromatic nitrogens is 3. The molecule has 0 saturated carbocycles. The molecule has 1 unspecified atom stereocenters.